The molecule has 2 aromatic rings. The van der Waals surface area contributed by atoms with Crippen molar-refractivity contribution in [3.8, 4) is 0 Å². The van der Waals surface area contributed by atoms with E-state index >= 15 is 0 Å². The number of benzene rings is 2. The topological polar surface area (TPSA) is 86.3 Å². The van der Waals surface area contributed by atoms with Crippen LogP contribution in [0.1, 0.15) is 39.9 Å². The van der Waals surface area contributed by atoms with Gasteiger partial charge in [-0.1, -0.05) is 12.1 Å². The summed E-state index contributed by atoms with van der Waals surface area (Å²) >= 11 is 0. The molecule has 2 aromatic carbocycles. The van der Waals surface area contributed by atoms with Gasteiger partial charge < -0.3 is 10.2 Å². The normalized spacial score (nSPS) is 17.5. The Kier molecular flexibility index (Phi) is 7.56. The van der Waals surface area contributed by atoms with Crippen LogP contribution >= 0.6 is 0 Å². The second-order valence-electron chi connectivity index (χ2n) is 9.50. The smallest absolute Gasteiger partial charge is 0.345 e. The number of alkyl halides is 3. The van der Waals surface area contributed by atoms with Gasteiger partial charge >= 0.3 is 6.18 Å². The first-order chi connectivity index (χ1) is 17.5. The summed E-state index contributed by atoms with van der Waals surface area (Å²) < 4.78 is 39.0. The molecule has 0 aliphatic carbocycles. The molecule has 0 unspecified atom stereocenters. The van der Waals surface area contributed by atoms with Crippen LogP contribution in [-0.2, 0) is 22.2 Å². The SMILES string of the molecule is Cc1cc(C(=O)N(C)C)ccc1CCON1CCC2(CC1)N=C(Nc1cccc(C(F)(F)F)c1)NC2=O. The third kappa shape index (κ3) is 6.11. The Bertz CT molecular complexity index is 1200. The number of hydrogen-bond donors (Lipinski definition) is 2. The van der Waals surface area contributed by atoms with Gasteiger partial charge in [-0.2, -0.15) is 18.2 Å². The molecular formula is C26H30F3N5O3. The summed E-state index contributed by atoms with van der Waals surface area (Å²) in [6.07, 6.45) is -2.94. The third-order valence-electron chi connectivity index (χ3n) is 6.62. The van der Waals surface area contributed by atoms with Crippen LogP contribution < -0.4 is 10.6 Å². The molecule has 0 radical (unpaired) electrons. The minimum Gasteiger partial charge on any atom is -0.345 e. The Balaban J connectivity index is 1.29. The monoisotopic (exact) mass is 517 g/mol. The number of halogens is 3. The highest BCUT2D eigenvalue weighted by Gasteiger charge is 2.46. The van der Waals surface area contributed by atoms with Crippen molar-refractivity contribution >= 4 is 23.5 Å². The van der Waals surface area contributed by atoms with Gasteiger partial charge in [0.15, 0.2) is 0 Å². The quantitative estimate of drug-likeness (QED) is 0.612. The molecule has 0 saturated carbocycles. The van der Waals surface area contributed by atoms with Crippen LogP contribution in [0, 0.1) is 6.92 Å². The molecular weight excluding hydrogens is 487 g/mol. The van der Waals surface area contributed by atoms with Gasteiger partial charge in [0.05, 0.1) is 12.2 Å². The third-order valence-corrected chi connectivity index (χ3v) is 6.62. The van der Waals surface area contributed by atoms with E-state index in [-0.39, 0.29) is 23.5 Å². The lowest BCUT2D eigenvalue weighted by molar-refractivity contribution is -0.176. The fourth-order valence-corrected chi connectivity index (χ4v) is 4.46. The Hall–Kier alpha value is -3.44. The molecule has 8 nitrogen and oxygen atoms in total. The number of anilines is 1. The first-order valence-electron chi connectivity index (χ1n) is 12.0. The van der Waals surface area contributed by atoms with Crippen LogP contribution in [-0.4, -0.2) is 67.1 Å². The van der Waals surface area contributed by atoms with Crippen LogP contribution in [0.4, 0.5) is 18.9 Å². The zero-order valence-corrected chi connectivity index (χ0v) is 21.0. The van der Waals surface area contributed by atoms with Gasteiger partial charge in [0.2, 0.25) is 5.96 Å². The summed E-state index contributed by atoms with van der Waals surface area (Å²) in [5, 5.41) is 7.26. The lowest BCUT2D eigenvalue weighted by atomic mass is 9.89. The summed E-state index contributed by atoms with van der Waals surface area (Å²) in [5.74, 6) is -0.171. The van der Waals surface area contributed by atoms with E-state index in [0.717, 1.165) is 23.3 Å². The number of hydroxylamine groups is 2. The fraction of sp³-hybridized carbons (Fsp3) is 0.423. The zero-order valence-electron chi connectivity index (χ0n) is 21.0. The molecule has 0 bridgehead atoms. The number of amides is 2. The van der Waals surface area contributed by atoms with Crippen LogP contribution in [0.5, 0.6) is 0 Å². The van der Waals surface area contributed by atoms with Crippen molar-refractivity contribution in [2.75, 3.05) is 39.1 Å². The summed E-state index contributed by atoms with van der Waals surface area (Å²) in [4.78, 5) is 36.8. The Morgan fingerprint density at radius 2 is 1.92 bits per heavy atom. The van der Waals surface area contributed by atoms with E-state index in [1.807, 2.05) is 30.2 Å². The molecule has 2 aliphatic heterocycles. The lowest BCUT2D eigenvalue weighted by Gasteiger charge is -2.34. The summed E-state index contributed by atoms with van der Waals surface area (Å²) in [6, 6.07) is 10.4. The lowest BCUT2D eigenvalue weighted by Crippen LogP contribution is -2.49. The van der Waals surface area contributed by atoms with Gasteiger partial charge in [-0.15, -0.1) is 0 Å². The van der Waals surface area contributed by atoms with Crippen LogP contribution in [0.25, 0.3) is 0 Å². The minimum atomic E-state index is -4.46. The summed E-state index contributed by atoms with van der Waals surface area (Å²) in [6.45, 7) is 3.40. The predicted octanol–water partition coefficient (Wildman–Crippen LogP) is 3.62. The van der Waals surface area contributed by atoms with Crippen molar-refractivity contribution in [2.45, 2.75) is 37.9 Å². The molecule has 1 spiro atoms. The number of piperidine rings is 1. The maximum atomic E-state index is 13.0. The molecule has 2 N–H and O–H groups in total. The number of rotatable bonds is 6. The molecule has 37 heavy (non-hydrogen) atoms. The van der Waals surface area contributed by atoms with E-state index in [9.17, 15) is 22.8 Å². The van der Waals surface area contributed by atoms with Crippen LogP contribution in [0.3, 0.4) is 0 Å². The number of hydrogen-bond acceptors (Lipinski definition) is 6. The number of carbonyl (C=O) groups is 2. The second kappa shape index (κ2) is 10.5. The minimum absolute atomic E-state index is 0.0417. The number of nitrogens with zero attached hydrogens (tertiary/aromatic N) is 3. The van der Waals surface area contributed by atoms with Gasteiger partial charge in [-0.05, 0) is 67.6 Å². The molecule has 2 heterocycles. The van der Waals surface area contributed by atoms with E-state index in [1.54, 1.807) is 19.0 Å². The summed E-state index contributed by atoms with van der Waals surface area (Å²) in [5.41, 5.74) is 1.21. The number of guanidine groups is 1. The van der Waals surface area contributed by atoms with E-state index in [1.165, 1.54) is 12.1 Å². The number of carbonyl (C=O) groups excluding carboxylic acids is 2. The predicted molar refractivity (Wildman–Crippen MR) is 133 cm³/mol. The first kappa shape index (κ1) is 26.6. The average molecular weight is 518 g/mol. The van der Waals surface area contributed by atoms with Gasteiger partial charge in [0.1, 0.15) is 5.54 Å². The van der Waals surface area contributed by atoms with Crippen molar-refractivity contribution in [3.05, 3.63) is 64.7 Å². The van der Waals surface area contributed by atoms with Crippen molar-refractivity contribution < 1.29 is 27.6 Å². The van der Waals surface area contributed by atoms with Crippen molar-refractivity contribution in [1.82, 2.24) is 15.3 Å². The van der Waals surface area contributed by atoms with Crippen molar-refractivity contribution in [1.29, 1.82) is 0 Å². The molecule has 0 atom stereocenters. The fourth-order valence-electron chi connectivity index (χ4n) is 4.46. The van der Waals surface area contributed by atoms with Crippen LogP contribution in [0.15, 0.2) is 47.5 Å². The Morgan fingerprint density at radius 3 is 2.57 bits per heavy atom. The van der Waals surface area contributed by atoms with Gasteiger partial charge in [-0.25, -0.2) is 4.99 Å². The van der Waals surface area contributed by atoms with E-state index < -0.39 is 17.3 Å². The standard InChI is InChI=1S/C26H30F3N5O3/c1-17-15-19(22(35)33(2)3)8-7-18(17)9-14-37-34-12-10-25(11-13-34)23(36)31-24(32-25)30-21-6-4-5-20(16-21)26(27,28)29/h4-8,15-16H,9-14H2,1-3H3,(H2,30,31,32,36). The van der Waals surface area contributed by atoms with Crippen molar-refractivity contribution in [3.63, 3.8) is 0 Å². The number of aryl methyl sites for hydroxylation is 1. The molecule has 2 aliphatic rings. The highest BCUT2D eigenvalue weighted by Crippen LogP contribution is 2.32. The van der Waals surface area contributed by atoms with E-state index in [0.29, 0.717) is 44.5 Å². The second-order valence-corrected chi connectivity index (χ2v) is 9.50. The Labute approximate surface area is 213 Å². The molecule has 198 valence electrons. The maximum Gasteiger partial charge on any atom is 0.416 e. The Morgan fingerprint density at radius 1 is 1.19 bits per heavy atom. The molecule has 11 heteroatoms. The number of nitrogens with one attached hydrogen (secondary N) is 2. The van der Waals surface area contributed by atoms with E-state index in [2.05, 4.69) is 15.6 Å². The van der Waals surface area contributed by atoms with E-state index in [4.69, 9.17) is 4.84 Å². The highest BCUT2D eigenvalue weighted by molar-refractivity contribution is 6.12. The van der Waals surface area contributed by atoms with Crippen LogP contribution in [0.2, 0.25) is 0 Å². The summed E-state index contributed by atoms with van der Waals surface area (Å²) in [7, 11) is 3.44. The molecule has 0 aromatic heterocycles. The van der Waals surface area contributed by atoms with Gasteiger partial charge in [-0.3, -0.25) is 19.7 Å². The van der Waals surface area contributed by atoms with Gasteiger partial charge in [0, 0.05) is 38.4 Å². The first-order valence-corrected chi connectivity index (χ1v) is 12.0. The molecule has 2 amide bonds. The molecule has 4 rings (SSSR count). The molecule has 1 saturated heterocycles. The average Bonchev–Trinajstić information content (AvgIpc) is 3.14. The number of aliphatic imine (C=N–C) groups is 1. The zero-order chi connectivity index (χ0) is 26.8. The molecule has 1 fully saturated rings. The maximum absolute atomic E-state index is 13.0. The largest absolute Gasteiger partial charge is 0.416 e. The van der Waals surface area contributed by atoms with Crippen molar-refractivity contribution in [2.24, 2.45) is 4.99 Å². The van der Waals surface area contributed by atoms with Gasteiger partial charge in [0.25, 0.3) is 11.8 Å². The highest BCUT2D eigenvalue weighted by atomic mass is 19.4.